The lowest BCUT2D eigenvalue weighted by atomic mass is 9.78. The fraction of sp³-hybridized carbons (Fsp3) is 0.611. The third-order valence-corrected chi connectivity index (χ3v) is 5.23. The molecule has 1 fully saturated rings. The number of nitrogens with zero attached hydrogens (tertiary/aromatic N) is 1. The molecule has 1 aliphatic rings. The van der Waals surface area contributed by atoms with E-state index in [9.17, 15) is 9.90 Å². The Labute approximate surface area is 150 Å². The van der Waals surface area contributed by atoms with Crippen molar-refractivity contribution in [1.29, 1.82) is 0 Å². The van der Waals surface area contributed by atoms with Gasteiger partial charge < -0.3 is 24.1 Å². The van der Waals surface area contributed by atoms with Crippen molar-refractivity contribution < 1.29 is 23.9 Å². The van der Waals surface area contributed by atoms with Crippen LogP contribution in [0.15, 0.2) is 18.2 Å². The molecule has 1 aromatic carbocycles. The van der Waals surface area contributed by atoms with Crippen molar-refractivity contribution in [3.8, 4) is 5.75 Å². The van der Waals surface area contributed by atoms with Gasteiger partial charge in [0.25, 0.3) is 5.91 Å². The molecule has 1 aliphatic heterocycles. The fourth-order valence-corrected chi connectivity index (χ4v) is 2.53. The van der Waals surface area contributed by atoms with Crippen LogP contribution in [0.1, 0.15) is 45.0 Å². The van der Waals surface area contributed by atoms with Gasteiger partial charge in [0.1, 0.15) is 5.75 Å². The zero-order chi connectivity index (χ0) is 19.0. The second kappa shape index (κ2) is 6.98. The van der Waals surface area contributed by atoms with Crippen molar-refractivity contribution in [2.24, 2.45) is 0 Å². The molecule has 138 valence electrons. The third kappa shape index (κ3) is 3.68. The minimum absolute atomic E-state index is 0.110. The Hall–Kier alpha value is -1.57. The third-order valence-electron chi connectivity index (χ3n) is 5.23. The van der Waals surface area contributed by atoms with Crippen molar-refractivity contribution in [3.63, 3.8) is 0 Å². The topological polar surface area (TPSA) is 68.2 Å². The molecule has 7 heteroatoms. The summed E-state index contributed by atoms with van der Waals surface area (Å²) in [5, 5.41) is 9.30. The van der Waals surface area contributed by atoms with E-state index in [0.29, 0.717) is 11.3 Å². The molecule has 1 saturated heterocycles. The molecule has 2 rings (SSSR count). The van der Waals surface area contributed by atoms with E-state index in [1.165, 1.54) is 12.0 Å². The molecule has 1 atom stereocenters. The molecule has 1 N–H and O–H groups in total. The Morgan fingerprint density at radius 2 is 1.84 bits per heavy atom. The summed E-state index contributed by atoms with van der Waals surface area (Å²) < 4.78 is 17.5. The monoisotopic (exact) mass is 349 g/mol. The van der Waals surface area contributed by atoms with Gasteiger partial charge in [0.15, 0.2) is 0 Å². The number of rotatable bonds is 5. The lowest BCUT2D eigenvalue weighted by molar-refractivity contribution is 0.00578. The molecule has 0 radical (unpaired) electrons. The Kier molecular flexibility index (Phi) is 5.51. The van der Waals surface area contributed by atoms with E-state index in [0.717, 1.165) is 5.46 Å². The number of amides is 1. The quantitative estimate of drug-likeness (QED) is 0.815. The summed E-state index contributed by atoms with van der Waals surface area (Å²) in [6, 6.07) is 5.03. The standard InChI is InChI=1S/C18H28BNO5/c1-12(11-21)20(6)16(22)14-10-13(8-9-15(14)23-7)19-24-17(2,3)18(4,5)25-19/h8-10,12,21H,11H2,1-7H3/t12-/m0/s1. The number of hydrogen-bond donors (Lipinski definition) is 1. The summed E-state index contributed by atoms with van der Waals surface area (Å²) in [5.41, 5.74) is 0.263. The number of likely N-dealkylation sites (N-methyl/N-ethyl adjacent to an activating group) is 1. The number of carbonyl (C=O) groups excluding carboxylic acids is 1. The molecule has 0 spiro atoms. The Balaban J connectivity index is 2.37. The SMILES string of the molecule is COc1ccc(B2OC(C)(C)C(C)(C)O2)cc1C(=O)N(C)[C@@H](C)CO. The highest BCUT2D eigenvalue weighted by molar-refractivity contribution is 6.62. The predicted octanol–water partition coefficient (Wildman–Crippen LogP) is 1.45. The second-order valence-corrected chi connectivity index (χ2v) is 7.50. The van der Waals surface area contributed by atoms with Gasteiger partial charge in [-0.15, -0.1) is 0 Å². The fourth-order valence-electron chi connectivity index (χ4n) is 2.53. The number of carbonyl (C=O) groups is 1. The first-order valence-corrected chi connectivity index (χ1v) is 8.45. The van der Waals surface area contributed by atoms with Gasteiger partial charge in [-0.25, -0.2) is 0 Å². The molecule has 1 heterocycles. The van der Waals surface area contributed by atoms with Crippen LogP contribution in [-0.2, 0) is 9.31 Å². The average Bonchev–Trinajstić information content (AvgIpc) is 2.79. The summed E-state index contributed by atoms with van der Waals surface area (Å²) in [4.78, 5) is 14.3. The maximum Gasteiger partial charge on any atom is 0.494 e. The molecule has 1 amide bonds. The molecule has 0 aromatic heterocycles. The summed E-state index contributed by atoms with van der Waals surface area (Å²) in [6.45, 7) is 9.61. The van der Waals surface area contributed by atoms with Crippen molar-refractivity contribution in [2.75, 3.05) is 20.8 Å². The number of aliphatic hydroxyl groups excluding tert-OH is 1. The first-order chi connectivity index (χ1) is 11.5. The first-order valence-electron chi connectivity index (χ1n) is 8.45. The highest BCUT2D eigenvalue weighted by Crippen LogP contribution is 2.36. The zero-order valence-electron chi connectivity index (χ0n) is 16.1. The van der Waals surface area contributed by atoms with Crippen LogP contribution < -0.4 is 10.2 Å². The van der Waals surface area contributed by atoms with Crippen LogP contribution >= 0.6 is 0 Å². The number of methoxy groups -OCH3 is 1. The van der Waals surface area contributed by atoms with E-state index >= 15 is 0 Å². The number of ether oxygens (including phenoxy) is 1. The van der Waals surface area contributed by atoms with Crippen LogP contribution in [0.4, 0.5) is 0 Å². The highest BCUT2D eigenvalue weighted by Gasteiger charge is 2.51. The minimum Gasteiger partial charge on any atom is -0.496 e. The van der Waals surface area contributed by atoms with Crippen LogP contribution in [0.3, 0.4) is 0 Å². The highest BCUT2D eigenvalue weighted by atomic mass is 16.7. The molecule has 0 bridgehead atoms. The smallest absolute Gasteiger partial charge is 0.494 e. The van der Waals surface area contributed by atoms with Crippen molar-refractivity contribution in [1.82, 2.24) is 4.90 Å². The number of benzene rings is 1. The average molecular weight is 349 g/mol. The molecule has 25 heavy (non-hydrogen) atoms. The molecular weight excluding hydrogens is 321 g/mol. The van der Waals surface area contributed by atoms with Crippen LogP contribution in [0, 0.1) is 0 Å². The first kappa shape index (κ1) is 19.8. The second-order valence-electron chi connectivity index (χ2n) is 7.50. The summed E-state index contributed by atoms with van der Waals surface area (Å²) in [5.74, 6) is 0.249. The summed E-state index contributed by atoms with van der Waals surface area (Å²) >= 11 is 0. The van der Waals surface area contributed by atoms with Gasteiger partial charge in [-0.2, -0.15) is 0 Å². The van der Waals surface area contributed by atoms with Gasteiger partial charge in [0, 0.05) is 7.05 Å². The molecule has 0 unspecified atom stereocenters. The number of aliphatic hydroxyl groups is 1. The van der Waals surface area contributed by atoms with Crippen LogP contribution in [-0.4, -0.2) is 61.0 Å². The molecular formula is C18H28BNO5. The van der Waals surface area contributed by atoms with Crippen LogP contribution in [0.25, 0.3) is 0 Å². The Bertz CT molecular complexity index is 630. The van der Waals surface area contributed by atoms with Gasteiger partial charge >= 0.3 is 7.12 Å². The van der Waals surface area contributed by atoms with Crippen molar-refractivity contribution in [2.45, 2.75) is 51.9 Å². The van der Waals surface area contributed by atoms with Gasteiger partial charge in [-0.3, -0.25) is 4.79 Å². The largest absolute Gasteiger partial charge is 0.496 e. The zero-order valence-corrected chi connectivity index (χ0v) is 16.1. The predicted molar refractivity (Wildman–Crippen MR) is 97.4 cm³/mol. The number of hydrogen-bond acceptors (Lipinski definition) is 5. The Morgan fingerprint density at radius 1 is 1.28 bits per heavy atom. The lowest BCUT2D eigenvalue weighted by Gasteiger charge is -2.32. The van der Waals surface area contributed by atoms with Gasteiger partial charge in [0.05, 0.1) is 36.5 Å². The molecule has 0 saturated carbocycles. The van der Waals surface area contributed by atoms with Crippen molar-refractivity contribution >= 4 is 18.5 Å². The molecule has 0 aliphatic carbocycles. The van der Waals surface area contributed by atoms with Crippen molar-refractivity contribution in [3.05, 3.63) is 23.8 Å². The molecule has 1 aromatic rings. The van der Waals surface area contributed by atoms with Crippen LogP contribution in [0.2, 0.25) is 0 Å². The van der Waals surface area contributed by atoms with E-state index in [-0.39, 0.29) is 18.6 Å². The van der Waals surface area contributed by atoms with Gasteiger partial charge in [-0.1, -0.05) is 6.07 Å². The van der Waals surface area contributed by atoms with Gasteiger partial charge in [0.2, 0.25) is 0 Å². The molecule has 6 nitrogen and oxygen atoms in total. The van der Waals surface area contributed by atoms with E-state index in [2.05, 4.69) is 0 Å². The maximum atomic E-state index is 12.8. The van der Waals surface area contributed by atoms with E-state index in [1.807, 2.05) is 33.8 Å². The normalized spacial score (nSPS) is 19.6. The summed E-state index contributed by atoms with van der Waals surface area (Å²) in [7, 11) is 2.63. The van der Waals surface area contributed by atoms with E-state index in [4.69, 9.17) is 14.0 Å². The lowest BCUT2D eigenvalue weighted by Crippen LogP contribution is -2.41. The van der Waals surface area contributed by atoms with Crippen LogP contribution in [0.5, 0.6) is 5.75 Å². The van der Waals surface area contributed by atoms with E-state index in [1.54, 1.807) is 26.1 Å². The minimum atomic E-state index is -0.553. The maximum absolute atomic E-state index is 12.8. The summed E-state index contributed by atoms with van der Waals surface area (Å²) in [6.07, 6.45) is 0. The van der Waals surface area contributed by atoms with Gasteiger partial charge in [-0.05, 0) is 52.2 Å². The Morgan fingerprint density at radius 3 is 2.32 bits per heavy atom. The van der Waals surface area contributed by atoms with E-state index < -0.39 is 18.3 Å².